The zero-order valence-corrected chi connectivity index (χ0v) is 7.90. The SMILES string of the molecule is COc1nccc(OC2CC2)c1C=O. The second-order valence-electron chi connectivity index (χ2n) is 3.17. The molecular weight excluding hydrogens is 182 g/mol. The van der Waals surface area contributed by atoms with Crippen molar-refractivity contribution in [2.45, 2.75) is 18.9 Å². The molecule has 0 saturated heterocycles. The van der Waals surface area contributed by atoms with E-state index in [1.807, 2.05) is 0 Å². The van der Waals surface area contributed by atoms with Gasteiger partial charge in [-0.1, -0.05) is 0 Å². The van der Waals surface area contributed by atoms with Crippen LogP contribution in [0.5, 0.6) is 11.6 Å². The fraction of sp³-hybridized carbons (Fsp3) is 0.400. The van der Waals surface area contributed by atoms with E-state index in [-0.39, 0.29) is 6.10 Å². The third kappa shape index (κ3) is 1.69. The average molecular weight is 193 g/mol. The lowest BCUT2D eigenvalue weighted by molar-refractivity contribution is 0.111. The summed E-state index contributed by atoms with van der Waals surface area (Å²) >= 11 is 0. The highest BCUT2D eigenvalue weighted by Gasteiger charge is 2.25. The van der Waals surface area contributed by atoms with E-state index in [2.05, 4.69) is 4.98 Å². The molecule has 4 nitrogen and oxygen atoms in total. The molecule has 1 saturated carbocycles. The maximum atomic E-state index is 10.8. The summed E-state index contributed by atoms with van der Waals surface area (Å²) in [6.45, 7) is 0. The number of carbonyl (C=O) groups excluding carboxylic acids is 1. The second-order valence-corrected chi connectivity index (χ2v) is 3.17. The lowest BCUT2D eigenvalue weighted by atomic mass is 10.2. The first kappa shape index (κ1) is 8.99. The summed E-state index contributed by atoms with van der Waals surface area (Å²) in [6.07, 6.45) is 4.67. The van der Waals surface area contributed by atoms with Gasteiger partial charge in [-0.15, -0.1) is 0 Å². The molecule has 0 bridgehead atoms. The summed E-state index contributed by atoms with van der Waals surface area (Å²) < 4.78 is 10.5. The number of ether oxygens (including phenoxy) is 2. The van der Waals surface area contributed by atoms with E-state index < -0.39 is 0 Å². The van der Waals surface area contributed by atoms with E-state index in [1.54, 1.807) is 12.3 Å². The molecule has 1 aromatic heterocycles. The van der Waals surface area contributed by atoms with Crippen molar-refractivity contribution in [2.75, 3.05) is 7.11 Å². The van der Waals surface area contributed by atoms with E-state index in [9.17, 15) is 4.79 Å². The number of carbonyl (C=O) groups is 1. The van der Waals surface area contributed by atoms with Crippen LogP contribution in [0.15, 0.2) is 12.3 Å². The maximum absolute atomic E-state index is 10.8. The summed E-state index contributed by atoms with van der Waals surface area (Å²) in [5, 5.41) is 0. The van der Waals surface area contributed by atoms with Gasteiger partial charge in [-0.25, -0.2) is 4.98 Å². The van der Waals surface area contributed by atoms with Crippen LogP contribution in [-0.2, 0) is 0 Å². The van der Waals surface area contributed by atoms with Crippen LogP contribution in [0.4, 0.5) is 0 Å². The highest BCUT2D eigenvalue weighted by Crippen LogP contribution is 2.31. The fourth-order valence-electron chi connectivity index (χ4n) is 1.18. The molecule has 1 aromatic rings. The van der Waals surface area contributed by atoms with Crippen molar-refractivity contribution in [3.8, 4) is 11.6 Å². The minimum atomic E-state index is 0.265. The van der Waals surface area contributed by atoms with Crippen LogP contribution >= 0.6 is 0 Å². The Morgan fingerprint density at radius 1 is 1.57 bits per heavy atom. The lowest BCUT2D eigenvalue weighted by Gasteiger charge is -2.08. The summed E-state index contributed by atoms with van der Waals surface area (Å²) in [5.74, 6) is 0.882. The highest BCUT2D eigenvalue weighted by molar-refractivity contribution is 5.82. The number of nitrogens with zero attached hydrogens (tertiary/aromatic N) is 1. The topological polar surface area (TPSA) is 48.4 Å². The molecule has 2 rings (SSSR count). The van der Waals surface area contributed by atoms with Crippen LogP contribution in [0, 0.1) is 0 Å². The van der Waals surface area contributed by atoms with Gasteiger partial charge in [0, 0.05) is 6.20 Å². The monoisotopic (exact) mass is 193 g/mol. The first-order valence-corrected chi connectivity index (χ1v) is 4.50. The molecule has 74 valence electrons. The van der Waals surface area contributed by atoms with Gasteiger partial charge in [-0.3, -0.25) is 4.79 Å². The molecular formula is C10H11NO3. The van der Waals surface area contributed by atoms with Crippen LogP contribution in [0.2, 0.25) is 0 Å². The van der Waals surface area contributed by atoms with E-state index in [0.717, 1.165) is 12.8 Å². The number of rotatable bonds is 4. The van der Waals surface area contributed by atoms with Gasteiger partial charge in [0.25, 0.3) is 0 Å². The molecule has 0 radical (unpaired) electrons. The minimum Gasteiger partial charge on any atom is -0.489 e. The molecule has 1 fully saturated rings. The van der Waals surface area contributed by atoms with Crippen molar-refractivity contribution in [3.05, 3.63) is 17.8 Å². The first-order chi connectivity index (χ1) is 6.85. The Morgan fingerprint density at radius 2 is 2.36 bits per heavy atom. The van der Waals surface area contributed by atoms with Gasteiger partial charge in [-0.2, -0.15) is 0 Å². The third-order valence-electron chi connectivity index (χ3n) is 2.04. The van der Waals surface area contributed by atoms with Crippen molar-refractivity contribution in [1.82, 2.24) is 4.98 Å². The molecule has 4 heteroatoms. The van der Waals surface area contributed by atoms with Gasteiger partial charge in [0.05, 0.1) is 13.2 Å². The van der Waals surface area contributed by atoms with Gasteiger partial charge in [0.1, 0.15) is 11.3 Å². The van der Waals surface area contributed by atoms with Crippen LogP contribution in [0.3, 0.4) is 0 Å². The second kappa shape index (κ2) is 3.65. The van der Waals surface area contributed by atoms with Gasteiger partial charge >= 0.3 is 0 Å². The Kier molecular flexibility index (Phi) is 2.35. The van der Waals surface area contributed by atoms with Gasteiger partial charge < -0.3 is 9.47 Å². The van der Waals surface area contributed by atoms with Gasteiger partial charge in [0.2, 0.25) is 5.88 Å². The molecule has 0 N–H and O–H groups in total. The number of aldehydes is 1. The molecule has 0 amide bonds. The summed E-state index contributed by atoms with van der Waals surface area (Å²) in [7, 11) is 1.48. The Bertz CT molecular complexity index is 347. The lowest BCUT2D eigenvalue weighted by Crippen LogP contribution is -2.02. The van der Waals surface area contributed by atoms with Gasteiger partial charge in [0.15, 0.2) is 6.29 Å². The molecule has 0 unspecified atom stereocenters. The van der Waals surface area contributed by atoms with Crippen LogP contribution in [0.25, 0.3) is 0 Å². The smallest absolute Gasteiger partial charge is 0.227 e. The zero-order chi connectivity index (χ0) is 9.97. The minimum absolute atomic E-state index is 0.265. The Balaban J connectivity index is 2.30. The molecule has 0 atom stereocenters. The number of methoxy groups -OCH3 is 1. The Hall–Kier alpha value is -1.58. The first-order valence-electron chi connectivity index (χ1n) is 4.50. The van der Waals surface area contributed by atoms with Crippen molar-refractivity contribution >= 4 is 6.29 Å². The molecule has 0 aliphatic heterocycles. The molecule has 0 aromatic carbocycles. The standard InChI is InChI=1S/C10H11NO3/c1-13-10-8(6-12)9(4-5-11-10)14-7-2-3-7/h4-7H,2-3H2,1H3. The Labute approximate surface area is 81.9 Å². The average Bonchev–Trinajstić information content (AvgIpc) is 3.01. The van der Waals surface area contributed by atoms with Crippen molar-refractivity contribution < 1.29 is 14.3 Å². The van der Waals surface area contributed by atoms with Gasteiger partial charge in [-0.05, 0) is 18.9 Å². The predicted molar refractivity (Wildman–Crippen MR) is 49.8 cm³/mol. The summed E-state index contributed by atoms with van der Waals surface area (Å²) in [6, 6.07) is 1.69. The quantitative estimate of drug-likeness (QED) is 0.679. The molecule has 1 aliphatic rings. The van der Waals surface area contributed by atoms with Crippen LogP contribution in [0.1, 0.15) is 23.2 Å². The predicted octanol–water partition coefficient (Wildman–Crippen LogP) is 1.44. The summed E-state index contributed by atoms with van der Waals surface area (Å²) in [4.78, 5) is 14.7. The number of hydrogen-bond acceptors (Lipinski definition) is 4. The van der Waals surface area contributed by atoms with E-state index >= 15 is 0 Å². The van der Waals surface area contributed by atoms with E-state index in [0.29, 0.717) is 23.5 Å². The largest absolute Gasteiger partial charge is 0.489 e. The van der Waals surface area contributed by atoms with E-state index in [4.69, 9.17) is 9.47 Å². The maximum Gasteiger partial charge on any atom is 0.227 e. The van der Waals surface area contributed by atoms with Crippen molar-refractivity contribution in [2.24, 2.45) is 0 Å². The van der Waals surface area contributed by atoms with Crippen LogP contribution in [-0.4, -0.2) is 24.5 Å². The summed E-state index contributed by atoms with van der Waals surface area (Å²) in [5.41, 5.74) is 0.391. The van der Waals surface area contributed by atoms with E-state index in [1.165, 1.54) is 7.11 Å². The molecule has 1 aliphatic carbocycles. The van der Waals surface area contributed by atoms with Crippen LogP contribution < -0.4 is 9.47 Å². The normalized spacial score (nSPS) is 14.9. The number of aromatic nitrogens is 1. The fourth-order valence-corrected chi connectivity index (χ4v) is 1.18. The molecule has 0 spiro atoms. The van der Waals surface area contributed by atoms with Crippen molar-refractivity contribution in [3.63, 3.8) is 0 Å². The molecule has 1 heterocycles. The van der Waals surface area contributed by atoms with Crippen molar-refractivity contribution in [1.29, 1.82) is 0 Å². The zero-order valence-electron chi connectivity index (χ0n) is 7.90. The highest BCUT2D eigenvalue weighted by atomic mass is 16.5. The number of hydrogen-bond donors (Lipinski definition) is 0. The molecule has 14 heavy (non-hydrogen) atoms. The number of pyridine rings is 1. The Morgan fingerprint density at radius 3 is 2.93 bits per heavy atom. The third-order valence-corrected chi connectivity index (χ3v) is 2.04.